The second-order valence-corrected chi connectivity index (χ2v) is 5.76. The summed E-state index contributed by atoms with van der Waals surface area (Å²) >= 11 is 0. The van der Waals surface area contributed by atoms with E-state index in [-0.39, 0.29) is 12.5 Å². The van der Waals surface area contributed by atoms with E-state index >= 15 is 0 Å². The van der Waals surface area contributed by atoms with Crippen molar-refractivity contribution in [2.45, 2.75) is 20.4 Å². The van der Waals surface area contributed by atoms with E-state index in [1.54, 1.807) is 6.20 Å². The first-order valence-electron chi connectivity index (χ1n) is 7.86. The van der Waals surface area contributed by atoms with E-state index < -0.39 is 0 Å². The molecule has 0 atom stereocenters. The number of aromatic nitrogens is 4. The Kier molecular flexibility index (Phi) is 4.50. The summed E-state index contributed by atoms with van der Waals surface area (Å²) in [6, 6.07) is 7.61. The number of carbonyl (C=O) groups excluding carboxylic acids is 1. The van der Waals surface area contributed by atoms with Crippen molar-refractivity contribution in [3.8, 4) is 5.75 Å². The quantitative estimate of drug-likeness (QED) is 0.746. The highest BCUT2D eigenvalue weighted by Gasteiger charge is 2.11. The summed E-state index contributed by atoms with van der Waals surface area (Å²) in [6.07, 6.45) is 1.79. The minimum Gasteiger partial charge on any atom is -0.484 e. The summed E-state index contributed by atoms with van der Waals surface area (Å²) in [5.41, 5.74) is 4.08. The fourth-order valence-electron chi connectivity index (χ4n) is 2.62. The zero-order valence-corrected chi connectivity index (χ0v) is 14.1. The van der Waals surface area contributed by atoms with Gasteiger partial charge in [-0.25, -0.2) is 0 Å². The van der Waals surface area contributed by atoms with Crippen molar-refractivity contribution in [3.63, 3.8) is 0 Å². The van der Waals surface area contributed by atoms with Gasteiger partial charge in [0, 0.05) is 13.6 Å². The Bertz CT molecular complexity index is 848. The smallest absolute Gasteiger partial charge is 0.258 e. The lowest BCUT2D eigenvalue weighted by molar-refractivity contribution is -0.123. The number of nitrogens with zero attached hydrogens (tertiary/aromatic N) is 4. The van der Waals surface area contributed by atoms with Crippen LogP contribution in [0.25, 0.3) is 11.0 Å². The van der Waals surface area contributed by atoms with Gasteiger partial charge in [-0.1, -0.05) is 17.7 Å². The summed E-state index contributed by atoms with van der Waals surface area (Å²) in [5, 5.41) is 11.6. The number of rotatable bonds is 6. The molecule has 2 aromatic heterocycles. The van der Waals surface area contributed by atoms with Gasteiger partial charge in [0.15, 0.2) is 6.61 Å². The molecule has 0 fully saturated rings. The Morgan fingerprint density at radius 1 is 1.25 bits per heavy atom. The highest BCUT2D eigenvalue weighted by Crippen LogP contribution is 2.16. The summed E-state index contributed by atoms with van der Waals surface area (Å²) in [5.74, 6) is 0.539. The van der Waals surface area contributed by atoms with Gasteiger partial charge in [0.25, 0.3) is 5.91 Å². The van der Waals surface area contributed by atoms with Gasteiger partial charge in [-0.15, -0.1) is 0 Å². The van der Waals surface area contributed by atoms with E-state index in [1.165, 1.54) is 0 Å². The number of hydrogen-bond acceptors (Lipinski definition) is 4. The first-order chi connectivity index (χ1) is 11.5. The van der Waals surface area contributed by atoms with Crippen molar-refractivity contribution in [1.82, 2.24) is 24.9 Å². The van der Waals surface area contributed by atoms with E-state index in [1.807, 2.05) is 54.5 Å². The number of benzene rings is 1. The normalized spacial score (nSPS) is 11.0. The molecule has 1 amide bonds. The lowest BCUT2D eigenvalue weighted by atomic mass is 10.2. The summed E-state index contributed by atoms with van der Waals surface area (Å²) in [7, 11) is 1.89. The number of ether oxygens (including phenoxy) is 1. The van der Waals surface area contributed by atoms with Crippen molar-refractivity contribution in [3.05, 3.63) is 41.7 Å². The Hall–Kier alpha value is -2.83. The molecule has 1 aromatic carbocycles. The van der Waals surface area contributed by atoms with Gasteiger partial charge in [0.2, 0.25) is 0 Å². The van der Waals surface area contributed by atoms with Gasteiger partial charge in [-0.2, -0.15) is 10.2 Å². The first kappa shape index (κ1) is 16.0. The van der Waals surface area contributed by atoms with Crippen LogP contribution in [-0.2, 0) is 18.4 Å². The SMILES string of the molecule is Cc1ccc(OCC(=O)NCCn2ncc3c2c(C)nn3C)cc1. The molecule has 0 aliphatic heterocycles. The van der Waals surface area contributed by atoms with Gasteiger partial charge in [0.05, 0.1) is 18.4 Å². The Balaban J connectivity index is 1.48. The Labute approximate surface area is 140 Å². The molecule has 126 valence electrons. The standard InChI is InChI=1S/C17H21N5O2/c1-12-4-6-14(7-5-12)24-11-16(23)18-8-9-22-17-13(2)20-21(3)15(17)10-19-22/h4-7,10H,8-9,11H2,1-3H3,(H,18,23). The fourth-order valence-corrected chi connectivity index (χ4v) is 2.62. The van der Waals surface area contributed by atoms with Crippen LogP contribution in [0.5, 0.6) is 5.75 Å². The van der Waals surface area contributed by atoms with Crippen LogP contribution in [0.2, 0.25) is 0 Å². The molecule has 0 saturated carbocycles. The third-order valence-electron chi connectivity index (χ3n) is 3.85. The summed E-state index contributed by atoms with van der Waals surface area (Å²) < 4.78 is 9.12. The van der Waals surface area contributed by atoms with Crippen LogP contribution in [0.15, 0.2) is 30.5 Å². The molecule has 7 nitrogen and oxygen atoms in total. The predicted octanol–water partition coefficient (Wildman–Crippen LogP) is 1.58. The molecule has 2 heterocycles. The molecule has 0 bridgehead atoms. The van der Waals surface area contributed by atoms with E-state index in [2.05, 4.69) is 15.5 Å². The molecule has 3 aromatic rings. The number of nitrogens with one attached hydrogen (secondary N) is 1. The molecule has 0 unspecified atom stereocenters. The second kappa shape index (κ2) is 6.74. The van der Waals surface area contributed by atoms with Crippen LogP contribution in [0.3, 0.4) is 0 Å². The maximum absolute atomic E-state index is 11.9. The average Bonchev–Trinajstić information content (AvgIpc) is 3.09. The minimum absolute atomic E-state index is 0.00347. The lowest BCUT2D eigenvalue weighted by Crippen LogP contribution is -2.31. The van der Waals surface area contributed by atoms with Gasteiger partial charge in [-0.3, -0.25) is 14.2 Å². The molecular weight excluding hydrogens is 306 g/mol. The Morgan fingerprint density at radius 3 is 2.75 bits per heavy atom. The molecule has 0 saturated heterocycles. The maximum atomic E-state index is 11.9. The predicted molar refractivity (Wildman–Crippen MR) is 90.9 cm³/mol. The van der Waals surface area contributed by atoms with Crippen LogP contribution in [0, 0.1) is 13.8 Å². The van der Waals surface area contributed by atoms with Crippen molar-refractivity contribution in [2.75, 3.05) is 13.2 Å². The van der Waals surface area contributed by atoms with Crippen LogP contribution in [-0.4, -0.2) is 38.6 Å². The zero-order valence-electron chi connectivity index (χ0n) is 14.1. The van der Waals surface area contributed by atoms with Crippen molar-refractivity contribution >= 4 is 16.9 Å². The summed E-state index contributed by atoms with van der Waals surface area (Å²) in [6.45, 7) is 5.04. The van der Waals surface area contributed by atoms with Gasteiger partial charge >= 0.3 is 0 Å². The third-order valence-corrected chi connectivity index (χ3v) is 3.85. The van der Waals surface area contributed by atoms with E-state index in [0.717, 1.165) is 22.3 Å². The third kappa shape index (κ3) is 3.40. The van der Waals surface area contributed by atoms with Crippen molar-refractivity contribution in [1.29, 1.82) is 0 Å². The van der Waals surface area contributed by atoms with Gasteiger partial charge in [0.1, 0.15) is 16.8 Å². The number of carbonyl (C=O) groups is 1. The lowest BCUT2D eigenvalue weighted by Gasteiger charge is -2.08. The minimum atomic E-state index is -0.151. The highest BCUT2D eigenvalue weighted by atomic mass is 16.5. The molecule has 7 heteroatoms. The molecule has 1 N–H and O–H groups in total. The molecule has 0 aliphatic rings. The zero-order chi connectivity index (χ0) is 17.1. The Morgan fingerprint density at radius 2 is 2.00 bits per heavy atom. The van der Waals surface area contributed by atoms with Crippen LogP contribution in [0.4, 0.5) is 0 Å². The molecule has 24 heavy (non-hydrogen) atoms. The molecule has 0 radical (unpaired) electrons. The monoisotopic (exact) mass is 327 g/mol. The molecule has 0 aliphatic carbocycles. The van der Waals surface area contributed by atoms with Crippen LogP contribution < -0.4 is 10.1 Å². The van der Waals surface area contributed by atoms with Crippen LogP contribution in [0.1, 0.15) is 11.3 Å². The largest absolute Gasteiger partial charge is 0.484 e. The van der Waals surface area contributed by atoms with Crippen molar-refractivity contribution < 1.29 is 9.53 Å². The fraction of sp³-hybridized carbons (Fsp3) is 0.353. The van der Waals surface area contributed by atoms with Gasteiger partial charge in [-0.05, 0) is 26.0 Å². The highest BCUT2D eigenvalue weighted by molar-refractivity contribution is 5.78. The summed E-state index contributed by atoms with van der Waals surface area (Å²) in [4.78, 5) is 11.9. The van der Waals surface area contributed by atoms with Gasteiger partial charge < -0.3 is 10.1 Å². The number of aryl methyl sites for hydroxylation is 3. The van der Waals surface area contributed by atoms with Crippen molar-refractivity contribution in [2.24, 2.45) is 7.05 Å². The van der Waals surface area contributed by atoms with Crippen LogP contribution >= 0.6 is 0 Å². The maximum Gasteiger partial charge on any atom is 0.258 e. The number of fused-ring (bicyclic) bond motifs is 1. The average molecular weight is 327 g/mol. The molecule has 0 spiro atoms. The topological polar surface area (TPSA) is 74.0 Å². The molecule has 3 rings (SSSR count). The number of hydrogen-bond donors (Lipinski definition) is 1. The van der Waals surface area contributed by atoms with E-state index in [4.69, 9.17) is 4.74 Å². The van der Waals surface area contributed by atoms with E-state index in [9.17, 15) is 4.79 Å². The van der Waals surface area contributed by atoms with E-state index in [0.29, 0.717) is 18.8 Å². The molecular formula is C17H21N5O2. The first-order valence-corrected chi connectivity index (χ1v) is 7.86. The second-order valence-electron chi connectivity index (χ2n) is 5.76. The number of amides is 1.